The highest BCUT2D eigenvalue weighted by Crippen LogP contribution is 2.36. The standard InChI is InChI=1S/C26H26N2O3/c1-30-20-11-9-18(10-12-20)17-19-5-4-7-22-24(26(29)28-13-15-31-16-14-28)21-6-2-3-8-23(21)27-25(19)22/h2-3,6,8-12,17H,4-5,7,13-16H2,1H3/b19-17+. The molecule has 0 radical (unpaired) electrons. The Labute approximate surface area is 182 Å². The molecule has 5 heteroatoms. The zero-order valence-corrected chi connectivity index (χ0v) is 17.8. The second-order valence-electron chi connectivity index (χ2n) is 8.03. The van der Waals surface area contributed by atoms with E-state index >= 15 is 0 Å². The number of carbonyl (C=O) groups excluding carboxylic acids is 1. The number of hydrogen-bond acceptors (Lipinski definition) is 4. The molecule has 158 valence electrons. The largest absolute Gasteiger partial charge is 0.497 e. The maximum Gasteiger partial charge on any atom is 0.255 e. The summed E-state index contributed by atoms with van der Waals surface area (Å²) < 4.78 is 10.7. The van der Waals surface area contributed by atoms with Crippen molar-refractivity contribution < 1.29 is 14.3 Å². The molecule has 1 fully saturated rings. The lowest BCUT2D eigenvalue weighted by Gasteiger charge is -2.30. The summed E-state index contributed by atoms with van der Waals surface area (Å²) in [5, 5.41) is 0.948. The van der Waals surface area contributed by atoms with E-state index < -0.39 is 0 Å². The van der Waals surface area contributed by atoms with E-state index in [1.165, 1.54) is 5.57 Å². The fraction of sp³-hybridized carbons (Fsp3) is 0.308. The number of aromatic nitrogens is 1. The van der Waals surface area contributed by atoms with Crippen LogP contribution in [0.2, 0.25) is 0 Å². The Bertz CT molecular complexity index is 1150. The summed E-state index contributed by atoms with van der Waals surface area (Å²) in [6.07, 6.45) is 5.04. The van der Waals surface area contributed by atoms with Gasteiger partial charge in [0.1, 0.15) is 5.75 Å². The number of amides is 1. The van der Waals surface area contributed by atoms with Gasteiger partial charge in [-0.3, -0.25) is 4.79 Å². The van der Waals surface area contributed by atoms with Gasteiger partial charge < -0.3 is 14.4 Å². The lowest BCUT2D eigenvalue weighted by Crippen LogP contribution is -2.41. The lowest BCUT2D eigenvalue weighted by molar-refractivity contribution is 0.0303. The van der Waals surface area contributed by atoms with Gasteiger partial charge in [-0.05, 0) is 60.2 Å². The first-order valence-electron chi connectivity index (χ1n) is 10.9. The minimum Gasteiger partial charge on any atom is -0.497 e. The molecule has 0 bridgehead atoms. The number of rotatable bonds is 3. The number of hydrogen-bond donors (Lipinski definition) is 0. The third-order valence-electron chi connectivity index (χ3n) is 6.14. The van der Waals surface area contributed by atoms with Crippen LogP contribution in [0.15, 0.2) is 48.5 Å². The van der Waals surface area contributed by atoms with Crippen LogP contribution in [0.3, 0.4) is 0 Å². The van der Waals surface area contributed by atoms with E-state index in [1.54, 1.807) is 7.11 Å². The van der Waals surface area contributed by atoms with E-state index in [0.29, 0.717) is 26.3 Å². The van der Waals surface area contributed by atoms with Crippen LogP contribution in [0, 0.1) is 0 Å². The molecule has 1 aliphatic carbocycles. The van der Waals surface area contributed by atoms with Gasteiger partial charge in [0.15, 0.2) is 0 Å². The lowest BCUT2D eigenvalue weighted by atomic mass is 9.85. The van der Waals surface area contributed by atoms with E-state index in [1.807, 2.05) is 41.3 Å². The highest BCUT2D eigenvalue weighted by molar-refractivity contribution is 6.09. The number of benzene rings is 2. The molecule has 0 unspecified atom stereocenters. The summed E-state index contributed by atoms with van der Waals surface area (Å²) in [4.78, 5) is 20.6. The van der Waals surface area contributed by atoms with Gasteiger partial charge >= 0.3 is 0 Å². The van der Waals surface area contributed by atoms with Gasteiger partial charge in [0.25, 0.3) is 5.91 Å². The Morgan fingerprint density at radius 1 is 1.06 bits per heavy atom. The van der Waals surface area contributed by atoms with Crippen LogP contribution in [0.5, 0.6) is 5.75 Å². The van der Waals surface area contributed by atoms with E-state index in [0.717, 1.165) is 58.3 Å². The van der Waals surface area contributed by atoms with Crippen molar-refractivity contribution in [3.8, 4) is 5.75 Å². The van der Waals surface area contributed by atoms with E-state index in [4.69, 9.17) is 14.5 Å². The molecule has 1 aliphatic heterocycles. The topological polar surface area (TPSA) is 51.7 Å². The molecule has 1 aromatic heterocycles. The smallest absolute Gasteiger partial charge is 0.255 e. The Hall–Kier alpha value is -3.18. The van der Waals surface area contributed by atoms with Crippen molar-refractivity contribution in [1.82, 2.24) is 9.88 Å². The third-order valence-corrected chi connectivity index (χ3v) is 6.14. The molecular weight excluding hydrogens is 388 g/mol. The minimum absolute atomic E-state index is 0.101. The normalized spacial score (nSPS) is 17.6. The summed E-state index contributed by atoms with van der Waals surface area (Å²) >= 11 is 0. The summed E-state index contributed by atoms with van der Waals surface area (Å²) in [5.41, 5.74) is 6.05. The summed E-state index contributed by atoms with van der Waals surface area (Å²) in [5.74, 6) is 0.942. The number of carbonyl (C=O) groups is 1. The van der Waals surface area contributed by atoms with E-state index in [-0.39, 0.29) is 5.91 Å². The number of methoxy groups -OCH3 is 1. The molecular formula is C26H26N2O3. The molecule has 3 aromatic rings. The summed E-state index contributed by atoms with van der Waals surface area (Å²) in [7, 11) is 1.67. The molecule has 0 saturated carbocycles. The number of morpholine rings is 1. The van der Waals surface area contributed by atoms with Gasteiger partial charge in [-0.15, -0.1) is 0 Å². The zero-order chi connectivity index (χ0) is 21.2. The molecule has 2 aromatic carbocycles. The Morgan fingerprint density at radius 3 is 2.61 bits per heavy atom. The van der Waals surface area contributed by atoms with Crippen molar-refractivity contribution in [3.05, 3.63) is 70.9 Å². The van der Waals surface area contributed by atoms with Crippen molar-refractivity contribution in [2.75, 3.05) is 33.4 Å². The molecule has 5 nitrogen and oxygen atoms in total. The number of ether oxygens (including phenoxy) is 2. The third kappa shape index (κ3) is 3.81. The summed E-state index contributed by atoms with van der Waals surface area (Å²) in [6, 6.07) is 16.1. The van der Waals surface area contributed by atoms with Crippen LogP contribution >= 0.6 is 0 Å². The number of allylic oxidation sites excluding steroid dienone is 1. The van der Waals surface area contributed by atoms with Crippen LogP contribution in [0.1, 0.15) is 40.0 Å². The second kappa shape index (κ2) is 8.52. The highest BCUT2D eigenvalue weighted by atomic mass is 16.5. The fourth-order valence-electron chi connectivity index (χ4n) is 4.55. The molecule has 0 atom stereocenters. The van der Waals surface area contributed by atoms with Gasteiger partial charge in [-0.1, -0.05) is 30.3 Å². The quantitative estimate of drug-likeness (QED) is 0.629. The van der Waals surface area contributed by atoms with Gasteiger partial charge in [0.2, 0.25) is 0 Å². The molecule has 0 spiro atoms. The van der Waals surface area contributed by atoms with Crippen molar-refractivity contribution in [2.24, 2.45) is 0 Å². The van der Waals surface area contributed by atoms with Gasteiger partial charge in [0, 0.05) is 18.5 Å². The maximum atomic E-state index is 13.6. The Kier molecular flexibility index (Phi) is 5.43. The molecule has 0 N–H and O–H groups in total. The van der Waals surface area contributed by atoms with Crippen molar-refractivity contribution >= 4 is 28.5 Å². The molecule has 31 heavy (non-hydrogen) atoms. The van der Waals surface area contributed by atoms with Crippen LogP contribution < -0.4 is 4.74 Å². The first kappa shape index (κ1) is 19.8. The number of pyridine rings is 1. The first-order valence-corrected chi connectivity index (χ1v) is 10.9. The van der Waals surface area contributed by atoms with E-state index in [2.05, 4.69) is 18.2 Å². The zero-order valence-electron chi connectivity index (χ0n) is 17.8. The van der Waals surface area contributed by atoms with Gasteiger partial charge in [-0.2, -0.15) is 0 Å². The predicted molar refractivity (Wildman–Crippen MR) is 122 cm³/mol. The monoisotopic (exact) mass is 414 g/mol. The average molecular weight is 415 g/mol. The molecule has 2 heterocycles. The van der Waals surface area contributed by atoms with Crippen LogP contribution in [0.25, 0.3) is 22.6 Å². The Balaban J connectivity index is 1.64. The van der Waals surface area contributed by atoms with Crippen LogP contribution in [-0.4, -0.2) is 49.2 Å². The highest BCUT2D eigenvalue weighted by Gasteiger charge is 2.28. The minimum atomic E-state index is 0.101. The predicted octanol–water partition coefficient (Wildman–Crippen LogP) is 4.59. The average Bonchev–Trinajstić information content (AvgIpc) is 2.83. The molecule has 1 amide bonds. The van der Waals surface area contributed by atoms with Crippen molar-refractivity contribution in [2.45, 2.75) is 19.3 Å². The number of fused-ring (bicyclic) bond motifs is 2. The molecule has 5 rings (SSSR count). The number of nitrogens with zero attached hydrogens (tertiary/aromatic N) is 2. The Morgan fingerprint density at radius 2 is 1.84 bits per heavy atom. The first-order chi connectivity index (χ1) is 15.2. The fourth-order valence-corrected chi connectivity index (χ4v) is 4.55. The van der Waals surface area contributed by atoms with Gasteiger partial charge in [-0.25, -0.2) is 4.98 Å². The van der Waals surface area contributed by atoms with E-state index in [9.17, 15) is 4.79 Å². The van der Waals surface area contributed by atoms with Crippen molar-refractivity contribution in [1.29, 1.82) is 0 Å². The van der Waals surface area contributed by atoms with Crippen molar-refractivity contribution in [3.63, 3.8) is 0 Å². The maximum absolute atomic E-state index is 13.6. The molecule has 2 aliphatic rings. The summed E-state index contributed by atoms with van der Waals surface area (Å²) in [6.45, 7) is 2.47. The SMILES string of the molecule is COc1ccc(/C=C2\CCCc3c2nc2ccccc2c3C(=O)N2CCOCC2)cc1. The molecule has 1 saturated heterocycles. The van der Waals surface area contributed by atoms with Crippen LogP contribution in [0.4, 0.5) is 0 Å². The van der Waals surface area contributed by atoms with Crippen LogP contribution in [-0.2, 0) is 11.2 Å². The second-order valence-corrected chi connectivity index (χ2v) is 8.03. The number of para-hydroxylation sites is 1. The van der Waals surface area contributed by atoms with Gasteiger partial charge in [0.05, 0.1) is 37.1 Å².